The first kappa shape index (κ1) is 18.6. The topological polar surface area (TPSA) is 61.4 Å². The molecule has 1 aromatic carbocycles. The number of aromatic nitrogens is 2. The molecule has 6 heteroatoms. The number of pyridine rings is 2. The van der Waals surface area contributed by atoms with Gasteiger partial charge in [0.2, 0.25) is 0 Å². The fourth-order valence-electron chi connectivity index (χ4n) is 4.73. The van der Waals surface area contributed by atoms with Crippen molar-refractivity contribution in [2.24, 2.45) is 0 Å². The smallest absolute Gasteiger partial charge is 0.326 e. The summed E-state index contributed by atoms with van der Waals surface area (Å²) in [6.45, 7) is 8.19. The van der Waals surface area contributed by atoms with E-state index in [0.717, 1.165) is 42.0 Å². The largest absolute Gasteiger partial charge is 0.367 e. The second-order valence-electron chi connectivity index (χ2n) is 8.16. The maximum absolute atomic E-state index is 13.4. The lowest BCUT2D eigenvalue weighted by Crippen LogP contribution is -2.48. The van der Waals surface area contributed by atoms with Gasteiger partial charge < -0.3 is 10.2 Å². The van der Waals surface area contributed by atoms with Gasteiger partial charge >= 0.3 is 6.03 Å². The number of hydrogen-bond donors (Lipinski definition) is 1. The molecule has 2 aliphatic heterocycles. The van der Waals surface area contributed by atoms with Crippen molar-refractivity contribution in [1.82, 2.24) is 9.97 Å². The molecule has 1 atom stereocenters. The number of nitrogens with zero attached hydrogens (tertiary/aromatic N) is 4. The summed E-state index contributed by atoms with van der Waals surface area (Å²) in [5.41, 5.74) is 8.61. The lowest BCUT2D eigenvalue weighted by molar-refractivity contribution is 0.255. The summed E-state index contributed by atoms with van der Waals surface area (Å²) in [5.74, 6) is 0. The van der Waals surface area contributed by atoms with Crippen LogP contribution in [-0.4, -0.2) is 35.1 Å². The first-order chi connectivity index (χ1) is 14.5. The molecule has 2 amide bonds. The highest BCUT2D eigenvalue weighted by molar-refractivity contribution is 6.06. The van der Waals surface area contributed by atoms with E-state index in [4.69, 9.17) is 0 Å². The molecule has 0 saturated carbocycles. The van der Waals surface area contributed by atoms with Gasteiger partial charge in [-0.2, -0.15) is 0 Å². The van der Waals surface area contributed by atoms with Crippen LogP contribution < -0.4 is 15.1 Å². The number of rotatable bonds is 2. The fourth-order valence-corrected chi connectivity index (χ4v) is 4.73. The van der Waals surface area contributed by atoms with Crippen molar-refractivity contribution in [2.45, 2.75) is 33.2 Å². The second-order valence-corrected chi connectivity index (χ2v) is 8.16. The molecule has 0 aliphatic carbocycles. The highest BCUT2D eigenvalue weighted by Crippen LogP contribution is 2.46. The van der Waals surface area contributed by atoms with Gasteiger partial charge in [0.05, 0.1) is 29.3 Å². The Morgan fingerprint density at radius 3 is 2.77 bits per heavy atom. The number of hydrogen-bond acceptors (Lipinski definition) is 4. The molecule has 1 fully saturated rings. The van der Waals surface area contributed by atoms with Gasteiger partial charge in [-0.1, -0.05) is 0 Å². The van der Waals surface area contributed by atoms with Crippen molar-refractivity contribution >= 4 is 23.1 Å². The molecule has 152 valence electrons. The van der Waals surface area contributed by atoms with E-state index >= 15 is 0 Å². The quantitative estimate of drug-likeness (QED) is 0.679. The molecular weight excluding hydrogens is 374 g/mol. The lowest BCUT2D eigenvalue weighted by atomic mass is 9.93. The van der Waals surface area contributed by atoms with Crippen LogP contribution in [-0.2, 0) is 0 Å². The Kier molecular flexibility index (Phi) is 4.42. The summed E-state index contributed by atoms with van der Waals surface area (Å²) >= 11 is 0. The summed E-state index contributed by atoms with van der Waals surface area (Å²) in [6, 6.07) is 10.1. The number of fused-ring (bicyclic) bond motifs is 4. The fraction of sp³-hybridized carbons (Fsp3) is 0.292. The van der Waals surface area contributed by atoms with Crippen molar-refractivity contribution < 1.29 is 4.79 Å². The van der Waals surface area contributed by atoms with Crippen LogP contribution in [0, 0.1) is 20.8 Å². The minimum Gasteiger partial charge on any atom is -0.367 e. The van der Waals surface area contributed by atoms with E-state index in [9.17, 15) is 4.79 Å². The molecule has 1 N–H and O–H groups in total. The third-order valence-electron chi connectivity index (χ3n) is 6.29. The van der Waals surface area contributed by atoms with Gasteiger partial charge in [-0.15, -0.1) is 0 Å². The molecule has 0 radical (unpaired) electrons. The van der Waals surface area contributed by atoms with Gasteiger partial charge in [-0.25, -0.2) is 4.79 Å². The Bertz CT molecular complexity index is 1130. The molecule has 4 heterocycles. The number of urea groups is 1. The van der Waals surface area contributed by atoms with Gasteiger partial charge in [0.25, 0.3) is 0 Å². The van der Waals surface area contributed by atoms with E-state index in [2.05, 4.69) is 46.2 Å². The van der Waals surface area contributed by atoms with Crippen LogP contribution in [0.4, 0.5) is 21.9 Å². The Hall–Kier alpha value is -3.41. The summed E-state index contributed by atoms with van der Waals surface area (Å²) < 4.78 is 0. The number of anilines is 3. The number of benzene rings is 1. The highest BCUT2D eigenvalue weighted by Gasteiger charge is 2.40. The summed E-state index contributed by atoms with van der Waals surface area (Å²) in [6.07, 6.45) is 6.20. The predicted octanol–water partition coefficient (Wildman–Crippen LogP) is 4.70. The highest BCUT2D eigenvalue weighted by atomic mass is 16.2. The molecule has 2 bridgehead atoms. The maximum atomic E-state index is 13.4. The van der Waals surface area contributed by atoms with Gasteiger partial charge in [-0.05, 0) is 79.8 Å². The monoisotopic (exact) mass is 399 g/mol. The third kappa shape index (κ3) is 3.00. The molecular formula is C24H25N5O. The molecule has 0 unspecified atom stereocenters. The lowest BCUT2D eigenvalue weighted by Gasteiger charge is -2.38. The van der Waals surface area contributed by atoms with E-state index in [1.54, 1.807) is 12.4 Å². The number of carbonyl (C=O) groups excluding carboxylic acids is 1. The van der Waals surface area contributed by atoms with E-state index in [1.165, 1.54) is 16.8 Å². The van der Waals surface area contributed by atoms with Crippen molar-refractivity contribution in [3.05, 3.63) is 65.7 Å². The van der Waals surface area contributed by atoms with E-state index in [0.29, 0.717) is 5.69 Å². The van der Waals surface area contributed by atoms with Crippen LogP contribution in [0.3, 0.4) is 0 Å². The Morgan fingerprint density at radius 2 is 2.00 bits per heavy atom. The Labute approximate surface area is 176 Å². The number of nitrogens with one attached hydrogen (secondary N) is 1. The van der Waals surface area contributed by atoms with Crippen LogP contribution in [0.1, 0.15) is 23.2 Å². The van der Waals surface area contributed by atoms with Gasteiger partial charge in [0.1, 0.15) is 0 Å². The standard InChI is InChI=1S/C24H25N5O/c1-15-11-18(6-9-26-15)21-12-22-23(17(3)16(21)2)28-10-7-20(14-28)29(22)24(30)27-19-5-4-8-25-13-19/h4-6,8-9,11-13,20H,7,10,14H2,1-3H3,(H,27,30)/t20-/m0/s1. The zero-order valence-corrected chi connectivity index (χ0v) is 17.5. The average Bonchev–Trinajstić information content (AvgIpc) is 3.14. The summed E-state index contributed by atoms with van der Waals surface area (Å²) in [7, 11) is 0. The van der Waals surface area contributed by atoms with Crippen molar-refractivity contribution in [1.29, 1.82) is 0 Å². The molecule has 5 rings (SSSR count). The molecule has 3 aromatic rings. The number of aryl methyl sites for hydroxylation is 1. The molecule has 2 aromatic heterocycles. The maximum Gasteiger partial charge on any atom is 0.326 e. The van der Waals surface area contributed by atoms with E-state index in [1.807, 2.05) is 36.2 Å². The van der Waals surface area contributed by atoms with E-state index < -0.39 is 0 Å². The first-order valence-electron chi connectivity index (χ1n) is 10.4. The van der Waals surface area contributed by atoms with Crippen LogP contribution in [0.25, 0.3) is 11.1 Å². The third-order valence-corrected chi connectivity index (χ3v) is 6.29. The zero-order chi connectivity index (χ0) is 20.8. The Morgan fingerprint density at radius 1 is 1.13 bits per heavy atom. The minimum atomic E-state index is -0.101. The van der Waals surface area contributed by atoms with Gasteiger partial charge in [-0.3, -0.25) is 14.9 Å². The van der Waals surface area contributed by atoms with Gasteiger partial charge in [0, 0.05) is 31.2 Å². The molecule has 2 aliphatic rings. The molecule has 6 nitrogen and oxygen atoms in total. The second kappa shape index (κ2) is 7.13. The van der Waals surface area contributed by atoms with E-state index in [-0.39, 0.29) is 12.1 Å². The summed E-state index contributed by atoms with van der Waals surface area (Å²) in [5, 5.41) is 3.03. The average molecular weight is 399 g/mol. The van der Waals surface area contributed by atoms with Crippen LogP contribution in [0.5, 0.6) is 0 Å². The van der Waals surface area contributed by atoms with Crippen molar-refractivity contribution in [3.63, 3.8) is 0 Å². The first-order valence-corrected chi connectivity index (χ1v) is 10.4. The SMILES string of the molecule is Cc1cc(-c2cc3c(c(C)c2C)N2CC[C@@H](C2)N3C(=O)Nc2cccnc2)ccn1. The Balaban J connectivity index is 1.63. The van der Waals surface area contributed by atoms with Gasteiger partial charge in [0.15, 0.2) is 0 Å². The van der Waals surface area contributed by atoms with Crippen LogP contribution in [0.2, 0.25) is 0 Å². The van der Waals surface area contributed by atoms with Crippen molar-refractivity contribution in [2.75, 3.05) is 28.2 Å². The van der Waals surface area contributed by atoms with Crippen LogP contribution in [0.15, 0.2) is 48.9 Å². The minimum absolute atomic E-state index is 0.101. The molecule has 30 heavy (non-hydrogen) atoms. The normalized spacial score (nSPS) is 17.1. The predicted molar refractivity (Wildman–Crippen MR) is 120 cm³/mol. The number of amides is 2. The molecule has 1 saturated heterocycles. The van der Waals surface area contributed by atoms with Crippen LogP contribution >= 0.6 is 0 Å². The zero-order valence-electron chi connectivity index (χ0n) is 17.5. The summed E-state index contributed by atoms with van der Waals surface area (Å²) in [4.78, 5) is 26.2. The van der Waals surface area contributed by atoms with Crippen molar-refractivity contribution in [3.8, 4) is 11.1 Å². The molecule has 0 spiro atoms. The number of carbonyl (C=O) groups is 1.